The number of nitrogens with two attached hydrogens (primary N) is 1. The quantitative estimate of drug-likeness (QED) is 0.504. The summed E-state index contributed by atoms with van der Waals surface area (Å²) in [6.07, 6.45) is 0.953. The molecular formula is C16H19NO5. The normalized spacial score (nSPS) is 17.3. The molecule has 1 aliphatic rings. The lowest BCUT2D eigenvalue weighted by molar-refractivity contribution is -0.0688. The summed E-state index contributed by atoms with van der Waals surface area (Å²) in [5.41, 5.74) is 7.17. The second-order valence-corrected chi connectivity index (χ2v) is 4.98. The number of hydrogen-bond acceptors (Lipinski definition) is 6. The third-order valence-electron chi connectivity index (χ3n) is 3.47. The average molecular weight is 305 g/mol. The maximum absolute atomic E-state index is 12.2. The van der Waals surface area contributed by atoms with E-state index < -0.39 is 12.3 Å². The van der Waals surface area contributed by atoms with Gasteiger partial charge in [0, 0.05) is 23.3 Å². The van der Waals surface area contributed by atoms with Crippen molar-refractivity contribution < 1.29 is 23.8 Å². The van der Waals surface area contributed by atoms with E-state index >= 15 is 0 Å². The Morgan fingerprint density at radius 2 is 1.77 bits per heavy atom. The monoisotopic (exact) mass is 305 g/mol. The molecule has 2 N–H and O–H groups in total. The Labute approximate surface area is 128 Å². The molecule has 1 fully saturated rings. The van der Waals surface area contributed by atoms with Gasteiger partial charge < -0.3 is 19.9 Å². The van der Waals surface area contributed by atoms with Gasteiger partial charge in [0.05, 0.1) is 25.9 Å². The third kappa shape index (κ3) is 3.72. The Balaban J connectivity index is 2.07. The summed E-state index contributed by atoms with van der Waals surface area (Å²) in [5.74, 6) is -0.891. The van der Waals surface area contributed by atoms with Gasteiger partial charge in [0.15, 0.2) is 12.1 Å². The van der Waals surface area contributed by atoms with Crippen molar-refractivity contribution in [3.63, 3.8) is 0 Å². The number of carbonyl (C=O) groups excluding carboxylic acids is 2. The standard InChI is InChI=1S/C16H19NO5/c1-10(16-21-7-8-22-16)13(17)9-14(18)11-3-5-12(6-4-11)15(19)20-2/h3-6,9-10,16H,7-8,17H2,1-2H3/b13-9-. The van der Waals surface area contributed by atoms with Crippen molar-refractivity contribution in [2.75, 3.05) is 20.3 Å². The Hall–Kier alpha value is -2.18. The second kappa shape index (κ2) is 7.20. The lowest BCUT2D eigenvalue weighted by Gasteiger charge is -2.18. The molecule has 1 aliphatic heterocycles. The van der Waals surface area contributed by atoms with Crippen LogP contribution in [-0.4, -0.2) is 38.4 Å². The number of esters is 1. The highest BCUT2D eigenvalue weighted by Crippen LogP contribution is 2.19. The molecule has 0 spiro atoms. The second-order valence-electron chi connectivity index (χ2n) is 4.98. The molecule has 1 atom stereocenters. The largest absolute Gasteiger partial charge is 0.465 e. The molecule has 0 radical (unpaired) electrons. The summed E-state index contributed by atoms with van der Waals surface area (Å²) in [6.45, 7) is 2.91. The van der Waals surface area contributed by atoms with Crippen LogP contribution in [0.15, 0.2) is 36.0 Å². The van der Waals surface area contributed by atoms with E-state index in [1.807, 2.05) is 6.92 Å². The maximum atomic E-state index is 12.2. The lowest BCUT2D eigenvalue weighted by atomic mass is 10.0. The van der Waals surface area contributed by atoms with Gasteiger partial charge >= 0.3 is 5.97 Å². The van der Waals surface area contributed by atoms with Gasteiger partial charge in [0.25, 0.3) is 0 Å². The Bertz CT molecular complexity index is 573. The van der Waals surface area contributed by atoms with Crippen molar-refractivity contribution in [1.29, 1.82) is 0 Å². The van der Waals surface area contributed by atoms with Gasteiger partial charge in [0.2, 0.25) is 0 Å². The van der Waals surface area contributed by atoms with Crippen LogP contribution in [0.1, 0.15) is 27.6 Å². The van der Waals surface area contributed by atoms with Crippen LogP contribution >= 0.6 is 0 Å². The zero-order chi connectivity index (χ0) is 16.1. The summed E-state index contributed by atoms with van der Waals surface area (Å²) >= 11 is 0. The van der Waals surface area contributed by atoms with Crippen molar-refractivity contribution in [2.24, 2.45) is 11.7 Å². The predicted octanol–water partition coefficient (Wildman–Crippen LogP) is 1.51. The smallest absolute Gasteiger partial charge is 0.337 e. The molecule has 0 bridgehead atoms. The molecule has 0 amide bonds. The molecule has 2 rings (SSSR count). The van der Waals surface area contributed by atoms with Gasteiger partial charge in [-0.05, 0) is 12.1 Å². The van der Waals surface area contributed by atoms with Gasteiger partial charge in [-0.2, -0.15) is 0 Å². The highest BCUT2D eigenvalue weighted by molar-refractivity contribution is 6.05. The first kappa shape index (κ1) is 16.2. The number of carbonyl (C=O) groups is 2. The molecule has 0 saturated carbocycles. The molecule has 1 heterocycles. The molecule has 22 heavy (non-hydrogen) atoms. The van der Waals surface area contributed by atoms with E-state index in [1.165, 1.54) is 25.3 Å². The first-order chi connectivity index (χ1) is 10.5. The van der Waals surface area contributed by atoms with E-state index in [9.17, 15) is 9.59 Å². The Morgan fingerprint density at radius 1 is 1.23 bits per heavy atom. The first-order valence-corrected chi connectivity index (χ1v) is 6.96. The van der Waals surface area contributed by atoms with Crippen molar-refractivity contribution in [1.82, 2.24) is 0 Å². The molecule has 1 aromatic carbocycles. The summed E-state index contributed by atoms with van der Waals surface area (Å²) in [7, 11) is 1.30. The van der Waals surface area contributed by atoms with Crippen molar-refractivity contribution in [2.45, 2.75) is 13.2 Å². The zero-order valence-corrected chi connectivity index (χ0v) is 12.6. The first-order valence-electron chi connectivity index (χ1n) is 6.96. The van der Waals surface area contributed by atoms with Gasteiger partial charge in [-0.25, -0.2) is 4.79 Å². The fraction of sp³-hybridized carbons (Fsp3) is 0.375. The number of methoxy groups -OCH3 is 1. The molecule has 1 saturated heterocycles. The number of benzene rings is 1. The number of ether oxygens (including phenoxy) is 3. The third-order valence-corrected chi connectivity index (χ3v) is 3.47. The van der Waals surface area contributed by atoms with Gasteiger partial charge in [-0.1, -0.05) is 19.1 Å². The topological polar surface area (TPSA) is 87.9 Å². The molecule has 0 aliphatic carbocycles. The minimum absolute atomic E-state index is 0.208. The SMILES string of the molecule is COC(=O)c1ccc(C(=O)/C=C(\N)C(C)C2OCCO2)cc1. The number of hydrogen-bond donors (Lipinski definition) is 1. The summed E-state index contributed by atoms with van der Waals surface area (Å²) in [6, 6.07) is 6.20. The molecule has 1 aromatic rings. The van der Waals surface area contributed by atoms with Crippen LogP contribution in [-0.2, 0) is 14.2 Å². The van der Waals surface area contributed by atoms with Crippen LogP contribution in [0, 0.1) is 5.92 Å². The number of allylic oxidation sites excluding steroid dienone is 1. The van der Waals surface area contributed by atoms with E-state index in [1.54, 1.807) is 12.1 Å². The van der Waals surface area contributed by atoms with Gasteiger partial charge in [0.1, 0.15) is 0 Å². The number of ketones is 1. The summed E-state index contributed by atoms with van der Waals surface area (Å²) in [5, 5.41) is 0. The Kier molecular flexibility index (Phi) is 5.30. The van der Waals surface area contributed by atoms with Crippen molar-refractivity contribution in [3.8, 4) is 0 Å². The van der Waals surface area contributed by atoms with Crippen LogP contribution in [0.4, 0.5) is 0 Å². The van der Waals surface area contributed by atoms with Crippen molar-refractivity contribution in [3.05, 3.63) is 47.2 Å². The van der Waals surface area contributed by atoms with Crippen LogP contribution in [0.3, 0.4) is 0 Å². The number of rotatable bonds is 5. The molecule has 1 unspecified atom stereocenters. The molecular weight excluding hydrogens is 286 g/mol. The minimum Gasteiger partial charge on any atom is -0.465 e. The van der Waals surface area contributed by atoms with E-state index in [0.29, 0.717) is 30.0 Å². The van der Waals surface area contributed by atoms with E-state index in [-0.39, 0.29) is 11.7 Å². The zero-order valence-electron chi connectivity index (χ0n) is 12.6. The molecule has 118 valence electrons. The molecule has 6 nitrogen and oxygen atoms in total. The minimum atomic E-state index is -0.446. The predicted molar refractivity (Wildman–Crippen MR) is 79.2 cm³/mol. The van der Waals surface area contributed by atoms with Crippen LogP contribution in [0.2, 0.25) is 0 Å². The molecule has 6 heteroatoms. The van der Waals surface area contributed by atoms with Gasteiger partial charge in [-0.3, -0.25) is 4.79 Å². The van der Waals surface area contributed by atoms with Crippen LogP contribution in [0.25, 0.3) is 0 Å². The van der Waals surface area contributed by atoms with E-state index in [4.69, 9.17) is 15.2 Å². The highest BCUT2D eigenvalue weighted by atomic mass is 16.7. The fourth-order valence-corrected chi connectivity index (χ4v) is 2.08. The fourth-order valence-electron chi connectivity index (χ4n) is 2.08. The maximum Gasteiger partial charge on any atom is 0.337 e. The van der Waals surface area contributed by atoms with Crippen molar-refractivity contribution >= 4 is 11.8 Å². The van der Waals surface area contributed by atoms with E-state index in [0.717, 1.165) is 0 Å². The van der Waals surface area contributed by atoms with Crippen LogP contribution < -0.4 is 5.73 Å². The van der Waals surface area contributed by atoms with Gasteiger partial charge in [-0.15, -0.1) is 0 Å². The highest BCUT2D eigenvalue weighted by Gasteiger charge is 2.25. The summed E-state index contributed by atoms with van der Waals surface area (Å²) < 4.78 is 15.3. The lowest BCUT2D eigenvalue weighted by Crippen LogP contribution is -2.25. The van der Waals surface area contributed by atoms with E-state index in [2.05, 4.69) is 4.74 Å². The summed E-state index contributed by atoms with van der Waals surface area (Å²) in [4.78, 5) is 23.5. The Morgan fingerprint density at radius 3 is 2.32 bits per heavy atom. The average Bonchev–Trinajstić information content (AvgIpc) is 3.07. The van der Waals surface area contributed by atoms with Crippen LogP contribution in [0.5, 0.6) is 0 Å². The molecule has 0 aromatic heterocycles.